The Morgan fingerprint density at radius 2 is 1.83 bits per heavy atom. The standard InChI is InChI=1S/C15H18N4OS4/c1-7(2)5-21-14-18-19-15(24-14)22-6-10-16-12(20)11-8(3)9(4)23-13(11)17-10/h7H,5-6H2,1-4H3,(H,16,17,20). The zero-order valence-electron chi connectivity index (χ0n) is 13.9. The summed E-state index contributed by atoms with van der Waals surface area (Å²) in [6.45, 7) is 8.37. The van der Waals surface area contributed by atoms with Crippen molar-refractivity contribution < 1.29 is 0 Å². The SMILES string of the molecule is Cc1sc2nc(CSc3nnc(SCC(C)C)s3)[nH]c(=O)c2c1C. The number of aryl methyl sites for hydroxylation is 2. The van der Waals surface area contributed by atoms with Gasteiger partial charge in [-0.2, -0.15) is 0 Å². The van der Waals surface area contributed by atoms with Gasteiger partial charge in [-0.25, -0.2) is 4.98 Å². The molecule has 0 amide bonds. The minimum absolute atomic E-state index is 0.0529. The molecule has 5 nitrogen and oxygen atoms in total. The molecule has 0 fully saturated rings. The molecule has 0 spiro atoms. The van der Waals surface area contributed by atoms with Crippen LogP contribution in [0.25, 0.3) is 10.2 Å². The highest BCUT2D eigenvalue weighted by Gasteiger charge is 2.13. The summed E-state index contributed by atoms with van der Waals surface area (Å²) in [6.07, 6.45) is 0. The lowest BCUT2D eigenvalue weighted by Crippen LogP contribution is -2.10. The molecule has 3 heterocycles. The number of thiophene rings is 1. The van der Waals surface area contributed by atoms with Crippen LogP contribution in [0.5, 0.6) is 0 Å². The van der Waals surface area contributed by atoms with Gasteiger partial charge in [0, 0.05) is 10.6 Å². The third-order valence-corrected chi connectivity index (χ3v) is 8.08. The maximum absolute atomic E-state index is 12.3. The van der Waals surface area contributed by atoms with Gasteiger partial charge in [-0.1, -0.05) is 48.7 Å². The molecule has 0 unspecified atom stereocenters. The van der Waals surface area contributed by atoms with Crippen molar-refractivity contribution in [2.24, 2.45) is 5.92 Å². The van der Waals surface area contributed by atoms with E-state index in [2.05, 4.69) is 34.0 Å². The molecule has 1 N–H and O–H groups in total. The lowest BCUT2D eigenvalue weighted by atomic mass is 10.2. The van der Waals surface area contributed by atoms with Crippen LogP contribution in [0.3, 0.4) is 0 Å². The number of nitrogens with zero attached hydrogens (tertiary/aromatic N) is 3. The second-order valence-corrected chi connectivity index (χ2v) is 10.5. The minimum atomic E-state index is -0.0529. The largest absolute Gasteiger partial charge is 0.309 e. The van der Waals surface area contributed by atoms with Crippen LogP contribution in [0, 0.1) is 19.8 Å². The maximum Gasteiger partial charge on any atom is 0.259 e. The van der Waals surface area contributed by atoms with Gasteiger partial charge in [0.15, 0.2) is 8.68 Å². The van der Waals surface area contributed by atoms with Crippen LogP contribution in [-0.4, -0.2) is 25.9 Å². The van der Waals surface area contributed by atoms with Crippen molar-refractivity contribution in [1.82, 2.24) is 20.2 Å². The second-order valence-electron chi connectivity index (χ2n) is 5.80. The molecule has 0 aromatic carbocycles. The van der Waals surface area contributed by atoms with Crippen molar-refractivity contribution in [2.75, 3.05) is 5.75 Å². The van der Waals surface area contributed by atoms with Crippen molar-refractivity contribution in [3.63, 3.8) is 0 Å². The van der Waals surface area contributed by atoms with E-state index < -0.39 is 0 Å². The van der Waals surface area contributed by atoms with Crippen LogP contribution >= 0.6 is 46.2 Å². The number of fused-ring (bicyclic) bond motifs is 1. The highest BCUT2D eigenvalue weighted by molar-refractivity contribution is 8.02. The van der Waals surface area contributed by atoms with Crippen LogP contribution in [0.4, 0.5) is 0 Å². The van der Waals surface area contributed by atoms with Crippen LogP contribution in [0.2, 0.25) is 0 Å². The number of H-pyrrole nitrogens is 1. The number of rotatable bonds is 6. The van der Waals surface area contributed by atoms with Gasteiger partial charge < -0.3 is 4.98 Å². The van der Waals surface area contributed by atoms with Crippen LogP contribution in [0.1, 0.15) is 30.1 Å². The maximum atomic E-state index is 12.3. The molecule has 9 heteroatoms. The molecule has 0 saturated heterocycles. The monoisotopic (exact) mass is 398 g/mol. The number of aromatic nitrogens is 4. The van der Waals surface area contributed by atoms with E-state index in [0.717, 1.165) is 35.1 Å². The fourth-order valence-electron chi connectivity index (χ4n) is 2.05. The summed E-state index contributed by atoms with van der Waals surface area (Å²) in [4.78, 5) is 21.7. The summed E-state index contributed by atoms with van der Waals surface area (Å²) >= 11 is 6.47. The number of hydrogen-bond donors (Lipinski definition) is 1. The van der Waals surface area contributed by atoms with E-state index in [4.69, 9.17) is 0 Å². The van der Waals surface area contributed by atoms with Gasteiger partial charge in [0.1, 0.15) is 10.7 Å². The first-order valence-corrected chi connectivity index (χ1v) is 11.1. The topological polar surface area (TPSA) is 71.5 Å². The lowest BCUT2D eigenvalue weighted by molar-refractivity contribution is 0.749. The first-order chi connectivity index (χ1) is 11.4. The second kappa shape index (κ2) is 7.55. The van der Waals surface area contributed by atoms with Crippen molar-refractivity contribution >= 4 is 56.4 Å². The van der Waals surface area contributed by atoms with Crippen molar-refractivity contribution in [2.45, 2.75) is 42.1 Å². The molecule has 3 aromatic rings. The molecular formula is C15H18N4OS4. The van der Waals surface area contributed by atoms with Gasteiger partial charge in [-0.05, 0) is 25.3 Å². The summed E-state index contributed by atoms with van der Waals surface area (Å²) in [7, 11) is 0. The molecule has 128 valence electrons. The van der Waals surface area contributed by atoms with Crippen LogP contribution in [-0.2, 0) is 5.75 Å². The number of nitrogens with one attached hydrogen (secondary N) is 1. The van der Waals surface area contributed by atoms with Crippen molar-refractivity contribution in [3.05, 3.63) is 26.6 Å². The highest BCUT2D eigenvalue weighted by Crippen LogP contribution is 2.31. The van der Waals surface area contributed by atoms with Gasteiger partial charge >= 0.3 is 0 Å². The Labute approximate surface area is 156 Å². The molecule has 24 heavy (non-hydrogen) atoms. The van der Waals surface area contributed by atoms with Gasteiger partial charge in [0.2, 0.25) is 0 Å². The fraction of sp³-hybridized carbons (Fsp3) is 0.467. The third kappa shape index (κ3) is 4.01. The van der Waals surface area contributed by atoms with E-state index in [9.17, 15) is 4.79 Å². The van der Waals surface area contributed by atoms with Crippen LogP contribution in [0.15, 0.2) is 13.5 Å². The van der Waals surface area contributed by atoms with E-state index in [-0.39, 0.29) is 5.56 Å². The van der Waals surface area contributed by atoms with E-state index in [1.54, 1.807) is 46.2 Å². The normalized spacial score (nSPS) is 11.7. The van der Waals surface area contributed by atoms with Gasteiger partial charge in [-0.15, -0.1) is 21.5 Å². The fourth-order valence-corrected chi connectivity index (χ4v) is 5.97. The lowest BCUT2D eigenvalue weighted by Gasteiger charge is -1.99. The summed E-state index contributed by atoms with van der Waals surface area (Å²) in [5, 5.41) is 9.13. The first-order valence-electron chi connectivity index (χ1n) is 7.52. The third-order valence-electron chi connectivity index (χ3n) is 3.35. The van der Waals surface area contributed by atoms with Crippen molar-refractivity contribution in [3.8, 4) is 0 Å². The summed E-state index contributed by atoms with van der Waals surface area (Å²) in [5.74, 6) is 2.95. The smallest absolute Gasteiger partial charge is 0.259 e. The molecule has 0 radical (unpaired) electrons. The summed E-state index contributed by atoms with van der Waals surface area (Å²) in [6, 6.07) is 0. The van der Waals surface area contributed by atoms with E-state index in [1.165, 1.54) is 0 Å². The Morgan fingerprint density at radius 1 is 1.12 bits per heavy atom. The zero-order chi connectivity index (χ0) is 17.3. The molecule has 0 aliphatic carbocycles. The van der Waals surface area contributed by atoms with Crippen LogP contribution < -0.4 is 5.56 Å². The first kappa shape index (κ1) is 17.9. The highest BCUT2D eigenvalue weighted by atomic mass is 32.2. The van der Waals surface area contributed by atoms with E-state index in [1.807, 2.05) is 13.8 Å². The minimum Gasteiger partial charge on any atom is -0.309 e. The molecule has 0 aliphatic rings. The zero-order valence-corrected chi connectivity index (χ0v) is 17.1. The Hall–Kier alpha value is -0.900. The molecule has 0 aliphatic heterocycles. The van der Waals surface area contributed by atoms with E-state index in [0.29, 0.717) is 17.5 Å². The number of thioether (sulfide) groups is 2. The number of hydrogen-bond acceptors (Lipinski definition) is 8. The molecule has 0 atom stereocenters. The average Bonchev–Trinajstić information content (AvgIpc) is 3.08. The Balaban J connectivity index is 1.71. The van der Waals surface area contributed by atoms with E-state index >= 15 is 0 Å². The number of aromatic amines is 1. The Morgan fingerprint density at radius 3 is 2.54 bits per heavy atom. The van der Waals surface area contributed by atoms with Gasteiger partial charge in [-0.3, -0.25) is 4.79 Å². The summed E-state index contributed by atoms with van der Waals surface area (Å²) in [5.41, 5.74) is 0.974. The molecule has 0 bridgehead atoms. The molecule has 0 saturated carbocycles. The predicted molar refractivity (Wildman–Crippen MR) is 105 cm³/mol. The van der Waals surface area contributed by atoms with Crippen molar-refractivity contribution in [1.29, 1.82) is 0 Å². The Kier molecular flexibility index (Phi) is 5.63. The van der Waals surface area contributed by atoms with Gasteiger partial charge in [0.25, 0.3) is 5.56 Å². The quantitative estimate of drug-likeness (QED) is 0.617. The average molecular weight is 399 g/mol. The molecule has 3 rings (SSSR count). The molecule has 3 aromatic heterocycles. The van der Waals surface area contributed by atoms with Gasteiger partial charge in [0.05, 0.1) is 11.1 Å². The predicted octanol–water partition coefficient (Wildman–Crippen LogP) is 4.49. The molecular weight excluding hydrogens is 380 g/mol. The Bertz CT molecular complexity index is 912. The summed E-state index contributed by atoms with van der Waals surface area (Å²) < 4.78 is 1.90.